The van der Waals surface area contributed by atoms with Gasteiger partial charge in [-0.3, -0.25) is 4.57 Å². The molecule has 2 aromatic heterocycles. The van der Waals surface area contributed by atoms with Gasteiger partial charge in [0.1, 0.15) is 12.7 Å². The highest BCUT2D eigenvalue weighted by Gasteiger charge is 2.33. The quantitative estimate of drug-likeness (QED) is 0.193. The maximum absolute atomic E-state index is 13.6. The second-order valence-corrected chi connectivity index (χ2v) is 8.20. The number of carbonyl (C=O) groups excluding carboxylic acids is 1. The second-order valence-electron chi connectivity index (χ2n) is 8.20. The lowest BCUT2D eigenvalue weighted by atomic mass is 10.1. The number of anilines is 3. The Balaban J connectivity index is 1.45. The number of imidazole rings is 1. The van der Waals surface area contributed by atoms with Crippen LogP contribution in [-0.2, 0) is 12.7 Å². The van der Waals surface area contributed by atoms with Crippen molar-refractivity contribution in [3.8, 4) is 5.69 Å². The van der Waals surface area contributed by atoms with Crippen LogP contribution in [0.3, 0.4) is 0 Å². The molecule has 4 rings (SSSR count). The Morgan fingerprint density at radius 2 is 1.68 bits per heavy atom. The van der Waals surface area contributed by atoms with E-state index in [1.807, 2.05) is 0 Å². The van der Waals surface area contributed by atoms with Crippen molar-refractivity contribution < 1.29 is 28.2 Å². The number of carbonyl (C=O) groups is 1. The minimum Gasteiger partial charge on any atom is -0.395 e. The highest BCUT2D eigenvalue weighted by Crippen LogP contribution is 2.34. The Kier molecular flexibility index (Phi) is 8.05. The van der Waals surface area contributed by atoms with Crippen molar-refractivity contribution >= 4 is 34.4 Å². The van der Waals surface area contributed by atoms with E-state index in [1.165, 1.54) is 18.5 Å². The van der Waals surface area contributed by atoms with Gasteiger partial charge in [0.25, 0.3) is 0 Å². The Morgan fingerprint density at radius 1 is 1.00 bits per heavy atom. The molecule has 6 N–H and O–H groups in total. The van der Waals surface area contributed by atoms with Crippen LogP contribution in [0.25, 0.3) is 16.9 Å². The number of nitrogens with one attached hydrogen (secondary N) is 4. The summed E-state index contributed by atoms with van der Waals surface area (Å²) in [6.45, 7) is -1.08. The molecule has 0 saturated carbocycles. The van der Waals surface area contributed by atoms with Crippen LogP contribution >= 0.6 is 0 Å². The maximum Gasteiger partial charge on any atom is 0.416 e. The Morgan fingerprint density at radius 3 is 2.34 bits per heavy atom. The van der Waals surface area contributed by atoms with Crippen molar-refractivity contribution in [2.24, 2.45) is 0 Å². The van der Waals surface area contributed by atoms with Gasteiger partial charge in [0.05, 0.1) is 24.8 Å². The number of aliphatic hydroxyl groups excluding tert-OH is 2. The molecular weight excluding hydrogens is 505 g/mol. The standard InChI is InChI=1S/C24H25F3N8O3/c1-28-21-20-22(31-12-30-21)35(13-32-20)18-6-4-15(5-7-18)33-23(38)34-16-3-2-14(9-29-17(10-36)11-37)19(8-16)24(25,26)27/h2-8,12-13,17,29,36-37H,9-11H2,1H3,(H,28,30,31)(H2,33,34,38). The first-order chi connectivity index (χ1) is 18.2. The zero-order valence-electron chi connectivity index (χ0n) is 20.1. The topological polar surface area (TPSA) is 149 Å². The molecule has 38 heavy (non-hydrogen) atoms. The fraction of sp³-hybridized carbons (Fsp3) is 0.250. The lowest BCUT2D eigenvalue weighted by Crippen LogP contribution is -2.35. The van der Waals surface area contributed by atoms with Crippen LogP contribution in [-0.4, -0.2) is 62.1 Å². The molecule has 2 heterocycles. The van der Waals surface area contributed by atoms with Gasteiger partial charge in [-0.15, -0.1) is 0 Å². The summed E-state index contributed by atoms with van der Waals surface area (Å²) in [6.07, 6.45) is -1.66. The highest BCUT2D eigenvalue weighted by molar-refractivity contribution is 5.99. The van der Waals surface area contributed by atoms with Gasteiger partial charge < -0.3 is 31.5 Å². The number of aromatic nitrogens is 4. The first-order valence-corrected chi connectivity index (χ1v) is 11.4. The molecule has 200 valence electrons. The fourth-order valence-corrected chi connectivity index (χ4v) is 3.72. The predicted molar refractivity (Wildman–Crippen MR) is 135 cm³/mol. The summed E-state index contributed by atoms with van der Waals surface area (Å²) in [5.41, 5.74) is 1.23. The summed E-state index contributed by atoms with van der Waals surface area (Å²) < 4.78 is 42.6. The molecule has 11 nitrogen and oxygen atoms in total. The van der Waals surface area contributed by atoms with Gasteiger partial charge >= 0.3 is 12.2 Å². The van der Waals surface area contributed by atoms with Crippen LogP contribution in [0.5, 0.6) is 0 Å². The van der Waals surface area contributed by atoms with E-state index in [1.54, 1.807) is 42.2 Å². The molecule has 0 bridgehead atoms. The zero-order chi connectivity index (χ0) is 27.3. The first kappa shape index (κ1) is 26.8. The lowest BCUT2D eigenvalue weighted by molar-refractivity contribution is -0.138. The first-order valence-electron chi connectivity index (χ1n) is 11.4. The van der Waals surface area contributed by atoms with Crippen LogP contribution in [0.2, 0.25) is 0 Å². The third-order valence-electron chi connectivity index (χ3n) is 5.67. The van der Waals surface area contributed by atoms with Crippen molar-refractivity contribution in [1.82, 2.24) is 24.8 Å². The zero-order valence-corrected chi connectivity index (χ0v) is 20.1. The van der Waals surface area contributed by atoms with E-state index in [0.717, 1.165) is 11.8 Å². The molecule has 2 aromatic carbocycles. The highest BCUT2D eigenvalue weighted by atomic mass is 19.4. The number of hydrogen-bond acceptors (Lipinski definition) is 8. The lowest BCUT2D eigenvalue weighted by Gasteiger charge is -2.18. The van der Waals surface area contributed by atoms with Gasteiger partial charge in [-0.05, 0) is 42.0 Å². The SMILES string of the molecule is CNc1ncnc2c1ncn2-c1ccc(NC(=O)Nc2ccc(CNC(CO)CO)c(C(F)(F)F)c2)cc1. The van der Waals surface area contributed by atoms with E-state index < -0.39 is 37.0 Å². The number of halogens is 3. The van der Waals surface area contributed by atoms with Crippen molar-refractivity contribution in [3.05, 3.63) is 66.2 Å². The van der Waals surface area contributed by atoms with Gasteiger partial charge in [0, 0.05) is 30.7 Å². The third-order valence-corrected chi connectivity index (χ3v) is 5.67. The number of hydrogen-bond donors (Lipinski definition) is 6. The molecule has 0 saturated heterocycles. The molecule has 4 aromatic rings. The molecule has 0 aliphatic rings. The van der Waals surface area contributed by atoms with Crippen LogP contribution in [0.15, 0.2) is 55.1 Å². The molecule has 0 unspecified atom stereocenters. The van der Waals surface area contributed by atoms with Gasteiger partial charge in [-0.2, -0.15) is 13.2 Å². The molecule has 14 heteroatoms. The second kappa shape index (κ2) is 11.4. The van der Waals surface area contributed by atoms with E-state index in [4.69, 9.17) is 10.2 Å². The van der Waals surface area contributed by atoms with E-state index in [0.29, 0.717) is 22.7 Å². The van der Waals surface area contributed by atoms with E-state index >= 15 is 0 Å². The molecule has 0 aliphatic heterocycles. The summed E-state index contributed by atoms with van der Waals surface area (Å²) in [7, 11) is 1.73. The van der Waals surface area contributed by atoms with Crippen LogP contribution in [0.4, 0.5) is 35.2 Å². The molecule has 0 radical (unpaired) electrons. The van der Waals surface area contributed by atoms with Crippen LogP contribution < -0.4 is 21.3 Å². The van der Waals surface area contributed by atoms with Crippen molar-refractivity contribution in [3.63, 3.8) is 0 Å². The van der Waals surface area contributed by atoms with E-state index in [2.05, 4.69) is 36.2 Å². The Hall–Kier alpha value is -4.27. The molecule has 0 spiro atoms. The Bertz CT molecular complexity index is 1410. The predicted octanol–water partition coefficient (Wildman–Crippen LogP) is 2.96. The summed E-state index contributed by atoms with van der Waals surface area (Å²) in [6, 6.07) is 8.65. The van der Waals surface area contributed by atoms with E-state index in [-0.39, 0.29) is 17.8 Å². The van der Waals surface area contributed by atoms with Gasteiger partial charge in [-0.1, -0.05) is 6.07 Å². The number of benzene rings is 2. The van der Waals surface area contributed by atoms with Crippen LogP contribution in [0.1, 0.15) is 11.1 Å². The number of rotatable bonds is 9. The Labute approximate surface area is 214 Å². The molecule has 0 atom stereocenters. The number of aliphatic hydroxyl groups is 2. The normalized spacial score (nSPS) is 11.7. The van der Waals surface area contributed by atoms with E-state index in [9.17, 15) is 18.0 Å². The smallest absolute Gasteiger partial charge is 0.395 e. The van der Waals surface area contributed by atoms with Gasteiger partial charge in [-0.25, -0.2) is 19.7 Å². The number of fused-ring (bicyclic) bond motifs is 1. The van der Waals surface area contributed by atoms with Crippen molar-refractivity contribution in [2.45, 2.75) is 18.8 Å². The minimum absolute atomic E-state index is 0.0547. The average Bonchev–Trinajstić information content (AvgIpc) is 3.34. The average molecular weight is 531 g/mol. The largest absolute Gasteiger partial charge is 0.416 e. The molecular formula is C24H25F3N8O3. The number of alkyl halides is 3. The van der Waals surface area contributed by atoms with Crippen molar-refractivity contribution in [1.29, 1.82) is 0 Å². The van der Waals surface area contributed by atoms with Gasteiger partial charge in [0.15, 0.2) is 17.0 Å². The molecule has 0 fully saturated rings. The minimum atomic E-state index is -4.68. The molecule has 2 amide bonds. The summed E-state index contributed by atoms with van der Waals surface area (Å²) in [5, 5.41) is 28.8. The van der Waals surface area contributed by atoms with Gasteiger partial charge in [0.2, 0.25) is 0 Å². The molecule has 0 aliphatic carbocycles. The monoisotopic (exact) mass is 530 g/mol. The summed E-state index contributed by atoms with van der Waals surface area (Å²) >= 11 is 0. The van der Waals surface area contributed by atoms with Crippen LogP contribution in [0, 0.1) is 0 Å². The van der Waals surface area contributed by atoms with Crippen molar-refractivity contribution in [2.75, 3.05) is 36.2 Å². The summed E-state index contributed by atoms with van der Waals surface area (Å²) in [4.78, 5) is 25.2. The third kappa shape index (κ3) is 5.99. The number of nitrogens with zero attached hydrogens (tertiary/aromatic N) is 4. The number of amides is 2. The fourth-order valence-electron chi connectivity index (χ4n) is 3.72. The summed E-state index contributed by atoms with van der Waals surface area (Å²) in [5.74, 6) is 0.584. The number of urea groups is 1. The maximum atomic E-state index is 13.6.